The molecule has 1 aliphatic rings. The molecule has 13 heavy (non-hydrogen) atoms. The number of cyclic esters (lactones) is 1. The van der Waals surface area contributed by atoms with E-state index in [0.29, 0.717) is 5.76 Å². The van der Waals surface area contributed by atoms with Crippen molar-refractivity contribution in [1.29, 1.82) is 0 Å². The third kappa shape index (κ3) is 2.05. The minimum absolute atomic E-state index is 0.229. The van der Waals surface area contributed by atoms with Crippen molar-refractivity contribution in [2.75, 3.05) is 0 Å². The number of carbonyl (C=O) groups is 1. The van der Waals surface area contributed by atoms with Gasteiger partial charge in [0.05, 0.1) is 10.1 Å². The number of esters is 1. The molecule has 1 atom stereocenters. The van der Waals surface area contributed by atoms with Crippen molar-refractivity contribution in [3.8, 4) is 0 Å². The van der Waals surface area contributed by atoms with Gasteiger partial charge in [-0.25, -0.2) is 4.79 Å². The molecule has 4 heteroatoms. The molecule has 72 valence electrons. The first kappa shape index (κ1) is 11.0. The van der Waals surface area contributed by atoms with Crippen LogP contribution >= 0.6 is 31.9 Å². The fourth-order valence-electron chi connectivity index (χ4n) is 1.11. The molecule has 1 heterocycles. The summed E-state index contributed by atoms with van der Waals surface area (Å²) in [5.41, 5.74) is 0.730. The van der Waals surface area contributed by atoms with Gasteiger partial charge in [0, 0.05) is 4.99 Å². The predicted octanol–water partition coefficient (Wildman–Crippen LogP) is 3.47. The minimum atomic E-state index is -0.244. The Morgan fingerprint density at radius 3 is 2.62 bits per heavy atom. The standard InChI is InChI=1S/C9H10Br2O2/c1-3-5(2)7-8(11)6(4-10)13-9(7)12/h4-5H,3H2,1-2H3. The number of allylic oxidation sites excluding steroid dienone is 1. The van der Waals surface area contributed by atoms with Crippen LogP contribution in [0.4, 0.5) is 0 Å². The molecule has 1 rings (SSSR count). The van der Waals surface area contributed by atoms with Gasteiger partial charge in [-0.1, -0.05) is 29.8 Å². The van der Waals surface area contributed by atoms with Crippen LogP contribution in [0.3, 0.4) is 0 Å². The Hall–Kier alpha value is -0.0900. The van der Waals surface area contributed by atoms with Crippen molar-refractivity contribution < 1.29 is 9.53 Å². The first-order valence-corrected chi connectivity index (χ1v) is 5.75. The second-order valence-electron chi connectivity index (χ2n) is 2.90. The molecule has 0 aliphatic carbocycles. The van der Waals surface area contributed by atoms with Gasteiger partial charge in [0.25, 0.3) is 0 Å². The Morgan fingerprint density at radius 2 is 2.23 bits per heavy atom. The van der Waals surface area contributed by atoms with Crippen LogP contribution in [0.25, 0.3) is 0 Å². The predicted molar refractivity (Wildman–Crippen MR) is 58.5 cm³/mol. The topological polar surface area (TPSA) is 26.3 Å². The van der Waals surface area contributed by atoms with Gasteiger partial charge in [-0.2, -0.15) is 0 Å². The summed E-state index contributed by atoms with van der Waals surface area (Å²) in [4.78, 5) is 13.0. The summed E-state index contributed by atoms with van der Waals surface area (Å²) in [6, 6.07) is 0. The number of halogens is 2. The summed E-state index contributed by atoms with van der Waals surface area (Å²) in [7, 11) is 0. The average molecular weight is 310 g/mol. The average Bonchev–Trinajstić information content (AvgIpc) is 2.40. The van der Waals surface area contributed by atoms with Crippen LogP contribution < -0.4 is 0 Å². The lowest BCUT2D eigenvalue weighted by Crippen LogP contribution is -2.06. The van der Waals surface area contributed by atoms with E-state index >= 15 is 0 Å². The second-order valence-corrected chi connectivity index (χ2v) is 4.15. The van der Waals surface area contributed by atoms with E-state index in [-0.39, 0.29) is 11.9 Å². The smallest absolute Gasteiger partial charge is 0.341 e. The Balaban J connectivity index is 3.05. The Labute approximate surface area is 94.3 Å². The molecule has 1 aliphatic heterocycles. The monoisotopic (exact) mass is 308 g/mol. The van der Waals surface area contributed by atoms with Crippen molar-refractivity contribution in [2.45, 2.75) is 20.3 Å². The van der Waals surface area contributed by atoms with Gasteiger partial charge >= 0.3 is 5.97 Å². The van der Waals surface area contributed by atoms with Gasteiger partial charge < -0.3 is 4.74 Å². The third-order valence-electron chi connectivity index (χ3n) is 2.08. The molecule has 2 nitrogen and oxygen atoms in total. The first-order valence-electron chi connectivity index (χ1n) is 4.04. The maximum atomic E-state index is 11.4. The maximum Gasteiger partial charge on any atom is 0.341 e. The highest BCUT2D eigenvalue weighted by Gasteiger charge is 2.30. The van der Waals surface area contributed by atoms with E-state index in [0.717, 1.165) is 16.5 Å². The Morgan fingerprint density at radius 1 is 1.62 bits per heavy atom. The van der Waals surface area contributed by atoms with Gasteiger partial charge in [0.1, 0.15) is 0 Å². The Kier molecular flexibility index (Phi) is 3.74. The SMILES string of the molecule is CCC(C)C1=C(Br)C(=CBr)OC1=O. The second kappa shape index (κ2) is 4.42. The zero-order valence-electron chi connectivity index (χ0n) is 7.43. The molecule has 0 radical (unpaired) electrons. The number of hydrogen-bond donors (Lipinski definition) is 0. The van der Waals surface area contributed by atoms with Crippen LogP contribution in [0.5, 0.6) is 0 Å². The van der Waals surface area contributed by atoms with Gasteiger partial charge in [0.2, 0.25) is 0 Å². The lowest BCUT2D eigenvalue weighted by molar-refractivity contribution is -0.133. The van der Waals surface area contributed by atoms with Gasteiger partial charge in [-0.05, 0) is 28.3 Å². The molecule has 0 spiro atoms. The molecule has 0 fully saturated rings. The first-order chi connectivity index (χ1) is 6.11. The third-order valence-corrected chi connectivity index (χ3v) is 3.31. The number of hydrogen-bond acceptors (Lipinski definition) is 2. The maximum absolute atomic E-state index is 11.4. The molecule has 0 aromatic heterocycles. The molecular formula is C9H10Br2O2. The van der Waals surface area contributed by atoms with E-state index in [1.807, 2.05) is 13.8 Å². The summed E-state index contributed by atoms with van der Waals surface area (Å²) in [6.07, 6.45) is 0.926. The lowest BCUT2D eigenvalue weighted by Gasteiger charge is -2.05. The highest BCUT2D eigenvalue weighted by atomic mass is 79.9. The quantitative estimate of drug-likeness (QED) is 0.730. The summed E-state index contributed by atoms with van der Waals surface area (Å²) >= 11 is 6.49. The molecule has 0 bridgehead atoms. The van der Waals surface area contributed by atoms with Crippen molar-refractivity contribution in [2.24, 2.45) is 5.92 Å². The van der Waals surface area contributed by atoms with Crippen LogP contribution in [0.15, 0.2) is 20.8 Å². The molecule has 1 unspecified atom stereocenters. The van der Waals surface area contributed by atoms with E-state index in [2.05, 4.69) is 31.9 Å². The number of rotatable bonds is 2. The van der Waals surface area contributed by atoms with Crippen molar-refractivity contribution in [3.63, 3.8) is 0 Å². The van der Waals surface area contributed by atoms with Gasteiger partial charge in [-0.3, -0.25) is 0 Å². The fourth-order valence-corrected chi connectivity index (χ4v) is 2.49. The summed E-state index contributed by atoms with van der Waals surface area (Å²) < 4.78 is 5.78. The van der Waals surface area contributed by atoms with Crippen LogP contribution in [0.2, 0.25) is 0 Å². The van der Waals surface area contributed by atoms with Crippen molar-refractivity contribution in [1.82, 2.24) is 0 Å². The van der Waals surface area contributed by atoms with Gasteiger partial charge in [0.15, 0.2) is 5.76 Å². The fraction of sp³-hybridized carbons (Fsp3) is 0.444. The zero-order valence-corrected chi connectivity index (χ0v) is 10.6. The highest BCUT2D eigenvalue weighted by molar-refractivity contribution is 9.12. The molecule has 0 saturated carbocycles. The van der Waals surface area contributed by atoms with Crippen molar-refractivity contribution in [3.05, 3.63) is 20.8 Å². The van der Waals surface area contributed by atoms with Crippen LogP contribution in [-0.4, -0.2) is 5.97 Å². The van der Waals surface area contributed by atoms with E-state index in [1.165, 1.54) is 0 Å². The minimum Gasteiger partial charge on any atom is -0.421 e. The summed E-state index contributed by atoms with van der Waals surface area (Å²) in [5, 5.41) is 0. The summed E-state index contributed by atoms with van der Waals surface area (Å²) in [6.45, 7) is 4.05. The summed E-state index contributed by atoms with van der Waals surface area (Å²) in [5.74, 6) is 0.541. The largest absolute Gasteiger partial charge is 0.421 e. The molecular weight excluding hydrogens is 300 g/mol. The van der Waals surface area contributed by atoms with Gasteiger partial charge in [-0.15, -0.1) is 0 Å². The van der Waals surface area contributed by atoms with Crippen LogP contribution in [0, 0.1) is 5.92 Å². The van der Waals surface area contributed by atoms with E-state index in [1.54, 1.807) is 4.99 Å². The molecule has 0 N–H and O–H groups in total. The molecule has 0 aromatic carbocycles. The van der Waals surface area contributed by atoms with E-state index < -0.39 is 0 Å². The molecule has 0 amide bonds. The molecule has 0 saturated heterocycles. The lowest BCUT2D eigenvalue weighted by atomic mass is 9.99. The number of carbonyl (C=O) groups excluding carboxylic acids is 1. The van der Waals surface area contributed by atoms with Crippen molar-refractivity contribution >= 4 is 37.8 Å². The normalized spacial score (nSPS) is 22.5. The van der Waals surface area contributed by atoms with Crippen LogP contribution in [-0.2, 0) is 9.53 Å². The van der Waals surface area contributed by atoms with E-state index in [9.17, 15) is 4.79 Å². The zero-order chi connectivity index (χ0) is 10.0. The number of ether oxygens (including phenoxy) is 1. The molecule has 0 aromatic rings. The van der Waals surface area contributed by atoms with Crippen LogP contribution in [0.1, 0.15) is 20.3 Å². The van der Waals surface area contributed by atoms with E-state index in [4.69, 9.17) is 4.74 Å². The highest BCUT2D eigenvalue weighted by Crippen LogP contribution is 2.36. The Bertz CT molecular complexity index is 292.